The van der Waals surface area contributed by atoms with Gasteiger partial charge in [-0.15, -0.1) is 0 Å². The molecule has 6 nitrogen and oxygen atoms in total. The van der Waals surface area contributed by atoms with Crippen LogP contribution < -0.4 is 14.8 Å². The summed E-state index contributed by atoms with van der Waals surface area (Å²) in [7, 11) is 0. The van der Waals surface area contributed by atoms with E-state index < -0.39 is 0 Å². The maximum absolute atomic E-state index is 13.3. The highest BCUT2D eigenvalue weighted by molar-refractivity contribution is 6.30. The molecule has 2 aliphatic heterocycles. The van der Waals surface area contributed by atoms with Gasteiger partial charge in [0.25, 0.3) is 0 Å². The molecule has 0 spiro atoms. The average Bonchev–Trinajstić information content (AvgIpc) is 3.47. The van der Waals surface area contributed by atoms with Crippen LogP contribution in [0.3, 0.4) is 0 Å². The molecule has 1 N–H and O–H groups in total. The summed E-state index contributed by atoms with van der Waals surface area (Å²) in [5, 5.41) is 9.86. The van der Waals surface area contributed by atoms with Crippen molar-refractivity contribution in [1.82, 2.24) is 5.01 Å². The summed E-state index contributed by atoms with van der Waals surface area (Å²) in [5.41, 5.74) is 4.62. The zero-order chi connectivity index (χ0) is 22.9. The van der Waals surface area contributed by atoms with E-state index in [0.717, 1.165) is 22.5 Å². The third-order valence-electron chi connectivity index (χ3n) is 5.91. The van der Waals surface area contributed by atoms with Crippen molar-refractivity contribution in [2.24, 2.45) is 5.10 Å². The third-order valence-corrected chi connectivity index (χ3v) is 6.16. The Hall–Kier alpha value is -3.51. The smallest absolute Gasteiger partial charge is 0.342 e. The van der Waals surface area contributed by atoms with Gasteiger partial charge in [-0.3, -0.25) is 0 Å². The van der Waals surface area contributed by atoms with Crippen LogP contribution in [0.25, 0.3) is 0 Å². The Morgan fingerprint density at radius 1 is 1.03 bits per heavy atom. The summed E-state index contributed by atoms with van der Waals surface area (Å²) < 4.78 is 11.0. The standard InChI is InChI=1S/C26H24ClN3O3/c1-16(2)17-5-10-21(11-6-17)28-26(31)30-23(19-7-12-24-25(13-19)33-15-32-24)14-22(29-30)18-3-8-20(27)9-4-18/h3-13,16,23H,14-15H2,1-2H3,(H,28,31). The number of carbonyl (C=O) groups excluding carboxylic acids is 1. The predicted molar refractivity (Wildman–Crippen MR) is 129 cm³/mol. The van der Waals surface area contributed by atoms with Crippen LogP contribution >= 0.6 is 11.6 Å². The summed E-state index contributed by atoms with van der Waals surface area (Å²) in [5.74, 6) is 1.81. The van der Waals surface area contributed by atoms with Gasteiger partial charge in [0.2, 0.25) is 6.79 Å². The number of hydrazone groups is 1. The highest BCUT2D eigenvalue weighted by atomic mass is 35.5. The molecule has 0 aliphatic carbocycles. The van der Waals surface area contributed by atoms with Crippen molar-refractivity contribution < 1.29 is 14.3 Å². The lowest BCUT2D eigenvalue weighted by Gasteiger charge is -2.22. The molecule has 168 valence electrons. The van der Waals surface area contributed by atoms with E-state index in [2.05, 4.69) is 19.2 Å². The molecule has 3 aromatic rings. The topological polar surface area (TPSA) is 63.2 Å². The molecule has 1 atom stereocenters. The van der Waals surface area contributed by atoms with Crippen LogP contribution in [0.1, 0.15) is 48.9 Å². The van der Waals surface area contributed by atoms with E-state index in [0.29, 0.717) is 28.9 Å². The Morgan fingerprint density at radius 2 is 1.76 bits per heavy atom. The molecule has 3 aromatic carbocycles. The SMILES string of the molecule is CC(C)c1ccc(NC(=O)N2N=C(c3ccc(Cl)cc3)CC2c2ccc3c(c2)OCO3)cc1. The molecule has 0 radical (unpaired) electrons. The van der Waals surface area contributed by atoms with Crippen LogP contribution in [0.4, 0.5) is 10.5 Å². The molecule has 2 aliphatic rings. The van der Waals surface area contributed by atoms with Crippen LogP contribution in [-0.2, 0) is 0 Å². The van der Waals surface area contributed by atoms with Gasteiger partial charge in [-0.25, -0.2) is 9.80 Å². The molecule has 1 unspecified atom stereocenters. The Balaban J connectivity index is 1.44. The number of fused-ring (bicyclic) bond motifs is 1. The number of hydrogen-bond donors (Lipinski definition) is 1. The summed E-state index contributed by atoms with van der Waals surface area (Å²) >= 11 is 6.06. The largest absolute Gasteiger partial charge is 0.454 e. The van der Waals surface area contributed by atoms with Crippen molar-refractivity contribution in [2.45, 2.75) is 32.2 Å². The van der Waals surface area contributed by atoms with Gasteiger partial charge in [0.15, 0.2) is 11.5 Å². The van der Waals surface area contributed by atoms with E-state index in [-0.39, 0.29) is 18.9 Å². The van der Waals surface area contributed by atoms with Gasteiger partial charge < -0.3 is 14.8 Å². The van der Waals surface area contributed by atoms with E-state index in [4.69, 9.17) is 26.2 Å². The minimum absolute atomic E-state index is 0.201. The Labute approximate surface area is 197 Å². The third kappa shape index (κ3) is 4.39. The normalized spacial score (nSPS) is 16.8. The molecule has 7 heteroatoms. The molecule has 0 bridgehead atoms. The number of anilines is 1. The van der Waals surface area contributed by atoms with Gasteiger partial charge in [0.05, 0.1) is 11.8 Å². The summed E-state index contributed by atoms with van der Waals surface area (Å²) in [4.78, 5) is 13.3. The molecule has 0 fully saturated rings. The van der Waals surface area contributed by atoms with Gasteiger partial charge in [0, 0.05) is 17.1 Å². The van der Waals surface area contributed by atoms with Gasteiger partial charge in [-0.2, -0.15) is 5.10 Å². The second-order valence-corrected chi connectivity index (χ2v) is 8.87. The zero-order valence-corrected chi connectivity index (χ0v) is 19.2. The Kier molecular flexibility index (Phi) is 5.68. The molecule has 5 rings (SSSR count). The highest BCUT2D eigenvalue weighted by Crippen LogP contribution is 2.39. The van der Waals surface area contributed by atoms with E-state index >= 15 is 0 Å². The van der Waals surface area contributed by atoms with Crippen LogP contribution in [0.5, 0.6) is 11.5 Å². The first-order valence-electron chi connectivity index (χ1n) is 10.9. The molecule has 2 amide bonds. The van der Waals surface area contributed by atoms with Crippen molar-refractivity contribution in [1.29, 1.82) is 0 Å². The van der Waals surface area contributed by atoms with Crippen LogP contribution in [0.2, 0.25) is 5.02 Å². The zero-order valence-electron chi connectivity index (χ0n) is 18.4. The lowest BCUT2D eigenvalue weighted by molar-refractivity contribution is 0.173. The first-order chi connectivity index (χ1) is 16.0. The number of urea groups is 1. The Morgan fingerprint density at radius 3 is 2.48 bits per heavy atom. The molecule has 0 aromatic heterocycles. The Bertz CT molecular complexity index is 1210. The average molecular weight is 462 g/mol. The number of nitrogens with one attached hydrogen (secondary N) is 1. The minimum Gasteiger partial charge on any atom is -0.454 e. The van der Waals surface area contributed by atoms with Gasteiger partial charge >= 0.3 is 6.03 Å². The van der Waals surface area contributed by atoms with Gasteiger partial charge in [-0.1, -0.05) is 55.8 Å². The number of nitrogens with zero attached hydrogens (tertiary/aromatic N) is 2. The van der Waals surface area contributed by atoms with Gasteiger partial charge in [0.1, 0.15) is 0 Å². The number of hydrogen-bond acceptors (Lipinski definition) is 4. The van der Waals surface area contributed by atoms with Crippen molar-refractivity contribution in [3.05, 3.63) is 88.4 Å². The van der Waals surface area contributed by atoms with Gasteiger partial charge in [-0.05, 0) is 59.0 Å². The number of benzene rings is 3. The van der Waals surface area contributed by atoms with Crippen molar-refractivity contribution in [3.8, 4) is 11.5 Å². The lowest BCUT2D eigenvalue weighted by atomic mass is 9.98. The first-order valence-corrected chi connectivity index (χ1v) is 11.3. The lowest BCUT2D eigenvalue weighted by Crippen LogP contribution is -2.31. The fraction of sp³-hybridized carbons (Fsp3) is 0.231. The quantitative estimate of drug-likeness (QED) is 0.477. The maximum atomic E-state index is 13.3. The second kappa shape index (κ2) is 8.79. The van der Waals surface area contributed by atoms with E-state index in [1.54, 1.807) is 0 Å². The molecule has 2 heterocycles. The number of halogens is 1. The first kappa shape index (κ1) is 21.3. The van der Waals surface area contributed by atoms with Crippen LogP contribution in [0.15, 0.2) is 71.8 Å². The molecular formula is C26H24ClN3O3. The monoisotopic (exact) mass is 461 g/mol. The van der Waals surface area contributed by atoms with Crippen LogP contribution in [0, 0.1) is 0 Å². The number of rotatable bonds is 4. The highest BCUT2D eigenvalue weighted by Gasteiger charge is 2.34. The molecule has 33 heavy (non-hydrogen) atoms. The minimum atomic E-state index is -0.293. The second-order valence-electron chi connectivity index (χ2n) is 8.44. The summed E-state index contributed by atoms with van der Waals surface area (Å²) in [6.07, 6.45) is 0.570. The number of carbonyl (C=O) groups is 1. The van der Waals surface area contributed by atoms with Crippen molar-refractivity contribution in [3.63, 3.8) is 0 Å². The number of ether oxygens (including phenoxy) is 2. The number of amides is 2. The predicted octanol–water partition coefficient (Wildman–Crippen LogP) is 6.58. The van der Waals surface area contributed by atoms with E-state index in [1.165, 1.54) is 10.6 Å². The maximum Gasteiger partial charge on any atom is 0.342 e. The summed E-state index contributed by atoms with van der Waals surface area (Å²) in [6, 6.07) is 20.6. The molecule has 0 saturated carbocycles. The molecular weight excluding hydrogens is 438 g/mol. The van der Waals surface area contributed by atoms with Crippen LogP contribution in [-0.4, -0.2) is 23.5 Å². The molecule has 0 saturated heterocycles. The van der Waals surface area contributed by atoms with Crippen molar-refractivity contribution in [2.75, 3.05) is 12.1 Å². The van der Waals surface area contributed by atoms with E-state index in [1.807, 2.05) is 66.7 Å². The fourth-order valence-corrected chi connectivity index (χ4v) is 4.15. The van der Waals surface area contributed by atoms with E-state index in [9.17, 15) is 4.79 Å². The van der Waals surface area contributed by atoms with Crippen molar-refractivity contribution >= 4 is 29.0 Å². The fourth-order valence-electron chi connectivity index (χ4n) is 4.03. The summed E-state index contributed by atoms with van der Waals surface area (Å²) in [6.45, 7) is 4.48.